The highest BCUT2D eigenvalue weighted by molar-refractivity contribution is 6.87. The van der Waals surface area contributed by atoms with Crippen molar-refractivity contribution in [3.8, 4) is 22.3 Å². The predicted octanol–water partition coefficient (Wildman–Crippen LogP) is 8.27. The van der Waals surface area contributed by atoms with E-state index in [9.17, 15) is 0 Å². The molecule has 0 unspecified atom stereocenters. The van der Waals surface area contributed by atoms with E-state index in [4.69, 9.17) is 0 Å². The lowest BCUT2D eigenvalue weighted by molar-refractivity contribution is 1.02. The second kappa shape index (κ2) is 7.18. The van der Waals surface area contributed by atoms with Gasteiger partial charge in [0.25, 0.3) is 0 Å². The van der Waals surface area contributed by atoms with Gasteiger partial charge >= 0.3 is 0 Å². The third-order valence-electron chi connectivity index (χ3n) is 7.51. The van der Waals surface area contributed by atoms with Crippen molar-refractivity contribution in [2.75, 3.05) is 0 Å². The van der Waals surface area contributed by atoms with Crippen LogP contribution in [0.3, 0.4) is 0 Å². The molecule has 0 fully saturated rings. The second-order valence-corrected chi connectivity index (χ2v) is 14.0. The average molecular weight is 429 g/mol. The zero-order valence-electron chi connectivity index (χ0n) is 19.0. The molecule has 0 radical (unpaired) electrons. The van der Waals surface area contributed by atoms with Gasteiger partial charge in [-0.05, 0) is 58.4 Å². The number of benzene rings is 4. The Kier molecular flexibility index (Phi) is 4.38. The maximum Gasteiger partial charge on any atom is 0.0988 e. The molecular weight excluding hydrogens is 400 g/mol. The van der Waals surface area contributed by atoms with Crippen LogP contribution in [0.1, 0.15) is 47.2 Å². The molecule has 156 valence electrons. The van der Waals surface area contributed by atoms with Crippen molar-refractivity contribution in [1.29, 1.82) is 0 Å². The first kappa shape index (κ1) is 19.5. The maximum absolute atomic E-state index is 2.69. The van der Waals surface area contributed by atoms with E-state index in [2.05, 4.69) is 123 Å². The number of hydrogen-bond acceptors (Lipinski definition) is 0. The van der Waals surface area contributed by atoms with Crippen molar-refractivity contribution in [1.82, 2.24) is 0 Å². The molecule has 0 aromatic heterocycles. The van der Waals surface area contributed by atoms with Gasteiger partial charge in [-0.3, -0.25) is 0 Å². The van der Waals surface area contributed by atoms with Gasteiger partial charge in [0.2, 0.25) is 0 Å². The predicted molar refractivity (Wildman–Crippen MR) is 138 cm³/mol. The van der Waals surface area contributed by atoms with Crippen molar-refractivity contribution in [2.24, 2.45) is 0 Å². The van der Waals surface area contributed by atoms with E-state index < -0.39 is 8.07 Å². The van der Waals surface area contributed by atoms with Gasteiger partial charge in [-0.25, -0.2) is 0 Å². The Morgan fingerprint density at radius 2 is 0.812 bits per heavy atom. The molecular formula is C31H28Si. The summed E-state index contributed by atoms with van der Waals surface area (Å²) < 4.78 is 0. The van der Waals surface area contributed by atoms with Crippen molar-refractivity contribution in [3.63, 3.8) is 0 Å². The highest BCUT2D eigenvalue weighted by Gasteiger charge is 2.51. The van der Waals surface area contributed by atoms with E-state index in [1.54, 1.807) is 0 Å². The zero-order chi connectivity index (χ0) is 21.9. The van der Waals surface area contributed by atoms with E-state index in [0.717, 1.165) is 0 Å². The minimum Gasteiger partial charge on any atom is -0.0941 e. The second-order valence-electron chi connectivity index (χ2n) is 9.80. The van der Waals surface area contributed by atoms with Crippen LogP contribution in [0.4, 0.5) is 0 Å². The molecule has 2 aliphatic rings. The van der Waals surface area contributed by atoms with Crippen LogP contribution in [0.5, 0.6) is 0 Å². The Morgan fingerprint density at radius 1 is 0.531 bits per heavy atom. The SMILES string of the molecule is CC(C)=C[Si](C)(C1c2ccccc2-c2ccccc21)C1c2ccccc2-c2ccccc21. The molecule has 0 spiro atoms. The van der Waals surface area contributed by atoms with Crippen LogP contribution in [0.15, 0.2) is 108 Å². The topological polar surface area (TPSA) is 0 Å². The summed E-state index contributed by atoms with van der Waals surface area (Å²) in [6.45, 7) is 7.20. The third kappa shape index (κ3) is 2.67. The van der Waals surface area contributed by atoms with Gasteiger partial charge in [0, 0.05) is 11.1 Å². The summed E-state index contributed by atoms with van der Waals surface area (Å²) in [4.78, 5) is 0. The van der Waals surface area contributed by atoms with Gasteiger partial charge in [-0.1, -0.05) is 115 Å². The fourth-order valence-electron chi connectivity index (χ4n) is 6.61. The molecule has 2 aliphatic carbocycles. The summed E-state index contributed by atoms with van der Waals surface area (Å²) >= 11 is 0. The normalized spacial score (nSPS) is 14.5. The monoisotopic (exact) mass is 428 g/mol. The number of hydrogen-bond donors (Lipinski definition) is 0. The third-order valence-corrected chi connectivity index (χ3v) is 12.4. The minimum absolute atomic E-state index is 0.439. The summed E-state index contributed by atoms with van der Waals surface area (Å²) in [5.41, 5.74) is 16.8. The van der Waals surface area contributed by atoms with Crippen molar-refractivity contribution in [3.05, 3.63) is 131 Å². The van der Waals surface area contributed by atoms with Crippen LogP contribution in [0, 0.1) is 0 Å². The highest BCUT2D eigenvalue weighted by atomic mass is 28.3. The summed E-state index contributed by atoms with van der Waals surface area (Å²) in [5, 5.41) is 0. The van der Waals surface area contributed by atoms with E-state index in [1.165, 1.54) is 50.1 Å². The van der Waals surface area contributed by atoms with Crippen molar-refractivity contribution in [2.45, 2.75) is 31.5 Å². The average Bonchev–Trinajstić information content (AvgIpc) is 3.32. The minimum atomic E-state index is -2.11. The Labute approximate surface area is 192 Å². The van der Waals surface area contributed by atoms with Gasteiger partial charge in [-0.15, -0.1) is 0 Å². The molecule has 4 aromatic rings. The van der Waals surface area contributed by atoms with Crippen LogP contribution in [-0.4, -0.2) is 8.07 Å². The van der Waals surface area contributed by atoms with Gasteiger partial charge < -0.3 is 0 Å². The lowest BCUT2D eigenvalue weighted by Crippen LogP contribution is -2.44. The first-order chi connectivity index (χ1) is 15.6. The number of allylic oxidation sites excluding steroid dienone is 1. The molecule has 0 nitrogen and oxygen atoms in total. The lowest BCUT2D eigenvalue weighted by atomic mass is 10.1. The molecule has 32 heavy (non-hydrogen) atoms. The standard InChI is InChI=1S/C31H28Si/c1-21(2)20-32(3,30-26-16-8-4-12-22(26)23-13-5-9-17-27(23)30)31-28-18-10-6-14-24(28)25-15-7-11-19-29(25)31/h4-20,30-31H,1-3H3. The van der Waals surface area contributed by atoms with Crippen LogP contribution >= 0.6 is 0 Å². The van der Waals surface area contributed by atoms with Gasteiger partial charge in [0.15, 0.2) is 0 Å². The molecule has 0 heterocycles. The van der Waals surface area contributed by atoms with Gasteiger partial charge in [-0.2, -0.15) is 0 Å². The molecule has 0 N–H and O–H groups in total. The highest BCUT2D eigenvalue weighted by Crippen LogP contribution is 2.57. The number of rotatable bonds is 3. The smallest absolute Gasteiger partial charge is 0.0941 e. The summed E-state index contributed by atoms with van der Waals surface area (Å²) in [5.74, 6) is 0. The fourth-order valence-corrected chi connectivity index (χ4v) is 12.2. The first-order valence-corrected chi connectivity index (χ1v) is 14.4. The molecule has 0 bridgehead atoms. The quantitative estimate of drug-likeness (QED) is 0.288. The van der Waals surface area contributed by atoms with E-state index in [-0.39, 0.29) is 0 Å². The van der Waals surface area contributed by atoms with Crippen LogP contribution in [-0.2, 0) is 0 Å². The summed E-state index contributed by atoms with van der Waals surface area (Å²) in [6.07, 6.45) is 0. The zero-order valence-corrected chi connectivity index (χ0v) is 20.0. The molecule has 0 aliphatic heterocycles. The van der Waals surface area contributed by atoms with E-state index in [0.29, 0.717) is 11.1 Å². The first-order valence-electron chi connectivity index (χ1n) is 11.6. The fraction of sp³-hybridized carbons (Fsp3) is 0.161. The molecule has 0 amide bonds. The Balaban J connectivity index is 1.67. The summed E-state index contributed by atoms with van der Waals surface area (Å²) in [7, 11) is -2.11. The molecule has 0 atom stereocenters. The lowest BCUT2D eigenvalue weighted by Gasteiger charge is -2.39. The number of fused-ring (bicyclic) bond motifs is 6. The molecule has 4 aromatic carbocycles. The summed E-state index contributed by atoms with van der Waals surface area (Å²) in [6, 6.07) is 36.5. The Morgan fingerprint density at radius 3 is 1.09 bits per heavy atom. The van der Waals surface area contributed by atoms with Crippen molar-refractivity contribution < 1.29 is 0 Å². The van der Waals surface area contributed by atoms with Gasteiger partial charge in [0.1, 0.15) is 0 Å². The Bertz CT molecular complexity index is 1190. The van der Waals surface area contributed by atoms with E-state index in [1.807, 2.05) is 0 Å². The van der Waals surface area contributed by atoms with Crippen molar-refractivity contribution >= 4 is 8.07 Å². The van der Waals surface area contributed by atoms with E-state index >= 15 is 0 Å². The van der Waals surface area contributed by atoms with Crippen LogP contribution in [0.2, 0.25) is 6.55 Å². The Hall–Kier alpha value is -3.16. The van der Waals surface area contributed by atoms with Gasteiger partial charge in [0.05, 0.1) is 8.07 Å². The van der Waals surface area contributed by atoms with Crippen LogP contribution in [0.25, 0.3) is 22.3 Å². The molecule has 1 heteroatoms. The maximum atomic E-state index is 2.69. The molecule has 6 rings (SSSR count). The molecule has 0 saturated heterocycles. The molecule has 0 saturated carbocycles. The van der Waals surface area contributed by atoms with Crippen LogP contribution < -0.4 is 0 Å². The largest absolute Gasteiger partial charge is 0.0988 e.